The van der Waals surface area contributed by atoms with Gasteiger partial charge in [0.05, 0.1) is 19.3 Å². The number of methoxy groups -OCH3 is 2. The summed E-state index contributed by atoms with van der Waals surface area (Å²) in [6.07, 6.45) is 6.85. The first-order valence-corrected chi connectivity index (χ1v) is 9.76. The van der Waals surface area contributed by atoms with E-state index in [1.165, 1.54) is 38.4 Å². The Labute approximate surface area is 165 Å². The first kappa shape index (κ1) is 21.0. The SMILES string of the molecule is COCO[C@@]1(Cc2cc(OCCCC3CC3)ccn2)C(=O)N(COC)[C@H]1CO. The van der Waals surface area contributed by atoms with Crippen LogP contribution in [0.1, 0.15) is 31.4 Å². The van der Waals surface area contributed by atoms with Crippen molar-refractivity contribution in [2.75, 3.05) is 41.0 Å². The molecule has 1 N–H and O–H groups in total. The van der Waals surface area contributed by atoms with Crippen molar-refractivity contribution in [2.45, 2.75) is 43.7 Å². The molecule has 0 spiro atoms. The lowest BCUT2D eigenvalue weighted by atomic mass is 9.79. The lowest BCUT2D eigenvalue weighted by Gasteiger charge is -2.54. The molecule has 0 bridgehead atoms. The minimum absolute atomic E-state index is 0.0551. The Balaban J connectivity index is 1.66. The second-order valence-electron chi connectivity index (χ2n) is 7.43. The first-order chi connectivity index (χ1) is 13.6. The Hall–Kier alpha value is -1.74. The third-order valence-electron chi connectivity index (χ3n) is 5.37. The molecule has 2 aliphatic rings. The molecule has 1 aliphatic carbocycles. The zero-order valence-electron chi connectivity index (χ0n) is 16.6. The minimum Gasteiger partial charge on any atom is -0.493 e. The number of rotatable bonds is 13. The van der Waals surface area contributed by atoms with E-state index in [2.05, 4.69) is 4.98 Å². The Morgan fingerprint density at radius 3 is 2.82 bits per heavy atom. The number of pyridine rings is 1. The van der Waals surface area contributed by atoms with Crippen molar-refractivity contribution < 1.29 is 28.8 Å². The van der Waals surface area contributed by atoms with E-state index >= 15 is 0 Å². The molecule has 0 radical (unpaired) electrons. The molecular weight excluding hydrogens is 364 g/mol. The normalized spacial score (nSPS) is 24.3. The molecule has 1 saturated carbocycles. The molecular formula is C20H30N2O6. The Kier molecular flexibility index (Phi) is 7.23. The van der Waals surface area contributed by atoms with E-state index in [-0.39, 0.29) is 32.5 Å². The van der Waals surface area contributed by atoms with Gasteiger partial charge in [0.25, 0.3) is 5.91 Å². The molecule has 156 valence electrons. The molecule has 1 amide bonds. The number of aromatic nitrogens is 1. The lowest BCUT2D eigenvalue weighted by Crippen LogP contribution is -2.77. The molecule has 8 heteroatoms. The van der Waals surface area contributed by atoms with Gasteiger partial charge in [0.2, 0.25) is 0 Å². The summed E-state index contributed by atoms with van der Waals surface area (Å²) in [6.45, 7) is 0.474. The summed E-state index contributed by atoms with van der Waals surface area (Å²) in [5.74, 6) is 1.37. The second kappa shape index (κ2) is 9.65. The Morgan fingerprint density at radius 1 is 1.32 bits per heavy atom. The Bertz CT molecular complexity index is 653. The number of hydrogen-bond acceptors (Lipinski definition) is 7. The van der Waals surface area contributed by atoms with Crippen LogP contribution in [0.5, 0.6) is 5.75 Å². The summed E-state index contributed by atoms with van der Waals surface area (Å²) >= 11 is 0. The highest BCUT2D eigenvalue weighted by molar-refractivity contribution is 5.93. The van der Waals surface area contributed by atoms with Crippen LogP contribution in [-0.4, -0.2) is 73.5 Å². The maximum atomic E-state index is 12.8. The van der Waals surface area contributed by atoms with Gasteiger partial charge < -0.3 is 29.0 Å². The molecule has 3 rings (SSSR count). The zero-order valence-corrected chi connectivity index (χ0v) is 16.6. The summed E-state index contributed by atoms with van der Waals surface area (Å²) in [5, 5.41) is 9.85. The van der Waals surface area contributed by atoms with Gasteiger partial charge in [0.1, 0.15) is 19.3 Å². The topological polar surface area (TPSA) is 90.4 Å². The molecule has 0 aromatic carbocycles. The number of hydrogen-bond donors (Lipinski definition) is 1. The van der Waals surface area contributed by atoms with Gasteiger partial charge >= 0.3 is 0 Å². The van der Waals surface area contributed by atoms with E-state index in [1.807, 2.05) is 12.1 Å². The number of likely N-dealkylation sites (tertiary alicyclic amines) is 1. The van der Waals surface area contributed by atoms with Crippen LogP contribution in [0.2, 0.25) is 0 Å². The molecule has 1 aliphatic heterocycles. The van der Waals surface area contributed by atoms with Crippen molar-refractivity contribution in [3.63, 3.8) is 0 Å². The van der Waals surface area contributed by atoms with Crippen molar-refractivity contribution in [1.29, 1.82) is 0 Å². The molecule has 0 unspecified atom stereocenters. The monoisotopic (exact) mass is 394 g/mol. The molecule has 28 heavy (non-hydrogen) atoms. The van der Waals surface area contributed by atoms with Gasteiger partial charge in [-0.25, -0.2) is 0 Å². The molecule has 8 nitrogen and oxygen atoms in total. The molecule has 1 aromatic heterocycles. The van der Waals surface area contributed by atoms with Crippen LogP contribution >= 0.6 is 0 Å². The van der Waals surface area contributed by atoms with Crippen LogP contribution < -0.4 is 4.74 Å². The van der Waals surface area contributed by atoms with E-state index in [9.17, 15) is 9.90 Å². The van der Waals surface area contributed by atoms with Crippen LogP contribution in [0.15, 0.2) is 18.3 Å². The highest BCUT2D eigenvalue weighted by Crippen LogP contribution is 2.38. The van der Waals surface area contributed by atoms with Gasteiger partial charge in [0.15, 0.2) is 5.60 Å². The summed E-state index contributed by atoms with van der Waals surface area (Å²) in [5.41, 5.74) is -0.555. The van der Waals surface area contributed by atoms with E-state index < -0.39 is 11.6 Å². The summed E-state index contributed by atoms with van der Waals surface area (Å²) in [4.78, 5) is 18.6. The fraction of sp³-hybridized carbons (Fsp3) is 0.700. The number of amides is 1. The minimum atomic E-state index is -1.22. The van der Waals surface area contributed by atoms with Crippen LogP contribution in [0, 0.1) is 5.92 Å². The van der Waals surface area contributed by atoms with E-state index in [0.717, 1.165) is 18.1 Å². The predicted octanol–water partition coefficient (Wildman–Crippen LogP) is 1.36. The van der Waals surface area contributed by atoms with Gasteiger partial charge in [-0.1, -0.05) is 12.8 Å². The van der Waals surface area contributed by atoms with Gasteiger partial charge in [-0.3, -0.25) is 9.78 Å². The lowest BCUT2D eigenvalue weighted by molar-refractivity contribution is -0.237. The molecule has 2 heterocycles. The average molecular weight is 394 g/mol. The third kappa shape index (κ3) is 4.63. The van der Waals surface area contributed by atoms with Gasteiger partial charge in [-0.15, -0.1) is 0 Å². The van der Waals surface area contributed by atoms with Crippen LogP contribution in [0.25, 0.3) is 0 Å². The number of carbonyl (C=O) groups is 1. The van der Waals surface area contributed by atoms with Crippen molar-refractivity contribution >= 4 is 5.91 Å². The smallest absolute Gasteiger partial charge is 0.259 e. The number of nitrogens with zero attached hydrogens (tertiary/aromatic N) is 2. The highest BCUT2D eigenvalue weighted by Gasteiger charge is 2.62. The number of aliphatic hydroxyl groups excluding tert-OH is 1. The predicted molar refractivity (Wildman–Crippen MR) is 101 cm³/mol. The Morgan fingerprint density at radius 2 is 2.14 bits per heavy atom. The average Bonchev–Trinajstić information content (AvgIpc) is 3.53. The molecule has 2 atom stereocenters. The molecule has 2 fully saturated rings. The maximum Gasteiger partial charge on any atom is 0.259 e. The summed E-state index contributed by atoms with van der Waals surface area (Å²) in [7, 11) is 3.00. The van der Waals surface area contributed by atoms with Gasteiger partial charge in [-0.05, 0) is 24.8 Å². The quantitative estimate of drug-likeness (QED) is 0.307. The second-order valence-corrected chi connectivity index (χ2v) is 7.43. The first-order valence-electron chi connectivity index (χ1n) is 9.76. The fourth-order valence-corrected chi connectivity index (χ4v) is 3.69. The summed E-state index contributed by atoms with van der Waals surface area (Å²) in [6, 6.07) is 3.11. The van der Waals surface area contributed by atoms with Crippen LogP contribution in [0.3, 0.4) is 0 Å². The number of carbonyl (C=O) groups excluding carboxylic acids is 1. The molecule has 1 saturated heterocycles. The molecule has 1 aromatic rings. The van der Waals surface area contributed by atoms with Crippen molar-refractivity contribution in [3.05, 3.63) is 24.0 Å². The van der Waals surface area contributed by atoms with Crippen LogP contribution in [-0.2, 0) is 25.4 Å². The van der Waals surface area contributed by atoms with Gasteiger partial charge in [-0.2, -0.15) is 0 Å². The fourth-order valence-electron chi connectivity index (χ4n) is 3.69. The third-order valence-corrected chi connectivity index (χ3v) is 5.37. The van der Waals surface area contributed by atoms with Crippen molar-refractivity contribution in [2.24, 2.45) is 5.92 Å². The van der Waals surface area contributed by atoms with Crippen LogP contribution in [0.4, 0.5) is 0 Å². The standard InChI is InChI=1S/C20H30N2O6/c1-25-13-22-18(12-23)20(19(22)24,28-14-26-2)11-16-10-17(7-8-21-16)27-9-3-4-15-5-6-15/h7-8,10,15,18,23H,3-6,9,11-14H2,1-2H3/t18-,20+/m0/s1. The number of aliphatic hydroxyl groups is 1. The number of ether oxygens (including phenoxy) is 4. The highest BCUT2D eigenvalue weighted by atomic mass is 16.7. The zero-order chi connectivity index (χ0) is 20.0. The largest absolute Gasteiger partial charge is 0.493 e. The maximum absolute atomic E-state index is 12.8. The van der Waals surface area contributed by atoms with Crippen molar-refractivity contribution in [1.82, 2.24) is 9.88 Å². The van der Waals surface area contributed by atoms with E-state index in [0.29, 0.717) is 12.3 Å². The van der Waals surface area contributed by atoms with Crippen molar-refractivity contribution in [3.8, 4) is 5.75 Å². The number of β-lactam (4-membered cyclic amide) rings is 1. The van der Waals surface area contributed by atoms with E-state index in [1.54, 1.807) is 6.20 Å². The summed E-state index contributed by atoms with van der Waals surface area (Å²) < 4.78 is 21.7. The van der Waals surface area contributed by atoms with Gasteiger partial charge in [0, 0.05) is 38.6 Å². The van der Waals surface area contributed by atoms with E-state index in [4.69, 9.17) is 18.9 Å².